The number of hydrogen-bond donors (Lipinski definition) is 2. The smallest absolute Gasteiger partial charge is 0.410 e. The average Bonchev–Trinajstić information content (AvgIpc) is 2.28. The van der Waals surface area contributed by atoms with Gasteiger partial charge in [-0.1, -0.05) is 0 Å². The molecule has 0 atom stereocenters. The van der Waals surface area contributed by atoms with Crippen LogP contribution in [0.1, 0.15) is 48.0 Å². The fourth-order valence-corrected chi connectivity index (χ4v) is 1.63. The summed E-state index contributed by atoms with van der Waals surface area (Å²) in [4.78, 5) is 25.2. The maximum absolute atomic E-state index is 12.1. The highest BCUT2D eigenvalue weighted by Gasteiger charge is 2.22. The van der Waals surface area contributed by atoms with Crippen molar-refractivity contribution in [2.75, 3.05) is 25.4 Å². The molecular weight excluding hydrogens is 304 g/mol. The maximum Gasteiger partial charge on any atom is 0.410 e. The summed E-state index contributed by atoms with van der Waals surface area (Å²) in [5, 5.41) is 2.63. The first-order valence-electron chi connectivity index (χ1n) is 7.50. The van der Waals surface area contributed by atoms with Gasteiger partial charge in [0.05, 0.1) is 0 Å². The molecule has 130 valence electrons. The zero-order valence-corrected chi connectivity index (χ0v) is 15.5. The summed E-state index contributed by atoms with van der Waals surface area (Å²) >= 11 is 4.15. The van der Waals surface area contributed by atoms with Gasteiger partial charge in [-0.15, -0.1) is 0 Å². The number of carbonyl (C=O) groups excluding carboxylic acids is 2. The molecule has 1 N–H and O–H groups in total. The lowest BCUT2D eigenvalue weighted by Crippen LogP contribution is -2.43. The summed E-state index contributed by atoms with van der Waals surface area (Å²) in [5.41, 5.74) is -1.09. The molecule has 7 heteroatoms. The van der Waals surface area contributed by atoms with Crippen molar-refractivity contribution in [2.24, 2.45) is 0 Å². The van der Waals surface area contributed by atoms with Gasteiger partial charge in [0.1, 0.15) is 11.2 Å². The van der Waals surface area contributed by atoms with E-state index in [1.165, 1.54) is 0 Å². The minimum atomic E-state index is -0.547. The highest BCUT2D eigenvalue weighted by molar-refractivity contribution is 7.80. The third-order valence-electron chi connectivity index (χ3n) is 2.29. The van der Waals surface area contributed by atoms with Gasteiger partial charge in [0.25, 0.3) is 0 Å². The molecule has 0 bridgehead atoms. The molecule has 0 saturated carbocycles. The Morgan fingerprint density at radius 2 is 1.55 bits per heavy atom. The Bertz CT molecular complexity index is 362. The normalized spacial score (nSPS) is 11.8. The van der Waals surface area contributed by atoms with Crippen LogP contribution in [-0.2, 0) is 9.47 Å². The monoisotopic (exact) mass is 334 g/mol. The number of amides is 2. The van der Waals surface area contributed by atoms with E-state index < -0.39 is 17.3 Å². The molecule has 6 nitrogen and oxygen atoms in total. The van der Waals surface area contributed by atoms with Crippen molar-refractivity contribution < 1.29 is 19.1 Å². The van der Waals surface area contributed by atoms with Crippen molar-refractivity contribution in [1.29, 1.82) is 0 Å². The molecule has 0 unspecified atom stereocenters. The van der Waals surface area contributed by atoms with Crippen LogP contribution in [0.5, 0.6) is 0 Å². The number of nitrogens with zero attached hydrogens (tertiary/aromatic N) is 1. The lowest BCUT2D eigenvalue weighted by Gasteiger charge is -2.27. The molecule has 0 aromatic heterocycles. The van der Waals surface area contributed by atoms with Crippen LogP contribution in [0.2, 0.25) is 0 Å². The molecule has 0 aliphatic heterocycles. The second-order valence-electron chi connectivity index (χ2n) is 6.97. The van der Waals surface area contributed by atoms with E-state index in [0.29, 0.717) is 25.4 Å². The Kier molecular flexibility index (Phi) is 8.66. The molecule has 0 rings (SSSR count). The number of rotatable bonds is 6. The summed E-state index contributed by atoms with van der Waals surface area (Å²) in [5.74, 6) is 0.679. The van der Waals surface area contributed by atoms with Crippen LogP contribution >= 0.6 is 12.6 Å². The van der Waals surface area contributed by atoms with Crippen LogP contribution < -0.4 is 5.32 Å². The van der Waals surface area contributed by atoms with Gasteiger partial charge in [-0.2, -0.15) is 12.6 Å². The Labute approximate surface area is 139 Å². The first-order valence-corrected chi connectivity index (χ1v) is 8.13. The zero-order chi connectivity index (χ0) is 17.4. The molecule has 0 aliphatic rings. The van der Waals surface area contributed by atoms with E-state index in [0.717, 1.165) is 6.42 Å². The average molecular weight is 334 g/mol. The highest BCUT2D eigenvalue weighted by Crippen LogP contribution is 2.10. The summed E-state index contributed by atoms with van der Waals surface area (Å²) in [6, 6.07) is 0. The van der Waals surface area contributed by atoms with Crippen LogP contribution in [0.25, 0.3) is 0 Å². The first kappa shape index (κ1) is 20.9. The van der Waals surface area contributed by atoms with Crippen molar-refractivity contribution >= 4 is 24.8 Å². The Hall–Kier alpha value is -1.11. The predicted molar refractivity (Wildman–Crippen MR) is 90.5 cm³/mol. The lowest BCUT2D eigenvalue weighted by atomic mass is 10.2. The van der Waals surface area contributed by atoms with Crippen molar-refractivity contribution in [3.05, 3.63) is 0 Å². The molecule has 0 heterocycles. The Morgan fingerprint density at radius 3 is 2.00 bits per heavy atom. The van der Waals surface area contributed by atoms with E-state index in [1.54, 1.807) is 25.7 Å². The topological polar surface area (TPSA) is 67.9 Å². The van der Waals surface area contributed by atoms with Gasteiger partial charge in [-0.3, -0.25) is 0 Å². The van der Waals surface area contributed by atoms with Gasteiger partial charge in [0.15, 0.2) is 0 Å². The molecule has 0 spiro atoms. The second-order valence-corrected chi connectivity index (χ2v) is 7.42. The minimum absolute atomic E-state index is 0.306. The third-order valence-corrected chi connectivity index (χ3v) is 2.60. The largest absolute Gasteiger partial charge is 0.444 e. The molecule has 0 saturated heterocycles. The summed E-state index contributed by atoms with van der Waals surface area (Å²) in [7, 11) is 0. The molecule has 0 fully saturated rings. The fraction of sp³-hybridized carbons (Fsp3) is 0.867. The minimum Gasteiger partial charge on any atom is -0.444 e. The van der Waals surface area contributed by atoms with E-state index in [4.69, 9.17) is 9.47 Å². The van der Waals surface area contributed by atoms with Crippen LogP contribution in [0.15, 0.2) is 0 Å². The van der Waals surface area contributed by atoms with Gasteiger partial charge in [0.2, 0.25) is 0 Å². The van der Waals surface area contributed by atoms with Crippen LogP contribution in [0.3, 0.4) is 0 Å². The second kappa shape index (κ2) is 9.12. The molecule has 0 aromatic rings. The number of thiol groups is 1. The molecule has 0 aromatic carbocycles. The van der Waals surface area contributed by atoms with Gasteiger partial charge >= 0.3 is 12.2 Å². The zero-order valence-electron chi connectivity index (χ0n) is 14.6. The van der Waals surface area contributed by atoms with Gasteiger partial charge in [-0.05, 0) is 53.7 Å². The Morgan fingerprint density at radius 1 is 1.00 bits per heavy atom. The molecule has 0 aliphatic carbocycles. The summed E-state index contributed by atoms with van der Waals surface area (Å²) < 4.78 is 10.5. The van der Waals surface area contributed by atoms with E-state index in [9.17, 15) is 9.59 Å². The SMILES string of the molecule is CC(C)(C)OC(=O)NCCN(CCCS)C(=O)OC(C)(C)C. The first-order chi connectivity index (χ1) is 9.94. The standard InChI is InChI=1S/C15H30N2O4S/c1-14(2,3)20-12(18)16-8-10-17(9-7-11-22)13(19)21-15(4,5)6/h22H,7-11H2,1-6H3,(H,16,18). The van der Waals surface area contributed by atoms with E-state index >= 15 is 0 Å². The van der Waals surface area contributed by atoms with Crippen molar-refractivity contribution in [3.8, 4) is 0 Å². The molecule has 2 amide bonds. The number of alkyl carbamates (subject to hydrolysis) is 1. The van der Waals surface area contributed by atoms with E-state index in [1.807, 2.05) is 20.8 Å². The summed E-state index contributed by atoms with van der Waals surface area (Å²) in [6.07, 6.45) is -0.125. The van der Waals surface area contributed by atoms with E-state index in [-0.39, 0.29) is 6.09 Å². The van der Waals surface area contributed by atoms with Crippen LogP contribution in [0.4, 0.5) is 9.59 Å². The maximum atomic E-state index is 12.1. The molecule has 0 radical (unpaired) electrons. The van der Waals surface area contributed by atoms with Gasteiger partial charge in [0, 0.05) is 19.6 Å². The Balaban J connectivity index is 4.36. The highest BCUT2D eigenvalue weighted by atomic mass is 32.1. The van der Waals surface area contributed by atoms with Crippen molar-refractivity contribution in [2.45, 2.75) is 59.2 Å². The van der Waals surface area contributed by atoms with Crippen LogP contribution in [-0.4, -0.2) is 53.7 Å². The lowest BCUT2D eigenvalue weighted by molar-refractivity contribution is 0.0241. The van der Waals surface area contributed by atoms with Gasteiger partial charge in [-0.25, -0.2) is 9.59 Å². The quantitative estimate of drug-likeness (QED) is 0.733. The number of hydrogen-bond acceptors (Lipinski definition) is 5. The summed E-state index contributed by atoms with van der Waals surface area (Å²) in [6.45, 7) is 12.1. The number of carbonyl (C=O) groups is 2. The molecule has 22 heavy (non-hydrogen) atoms. The molecular formula is C15H30N2O4S. The number of ether oxygens (including phenoxy) is 2. The predicted octanol–water partition coefficient (Wildman–Crippen LogP) is 3.07. The third kappa shape index (κ3) is 11.5. The van der Waals surface area contributed by atoms with E-state index in [2.05, 4.69) is 17.9 Å². The van der Waals surface area contributed by atoms with Crippen molar-refractivity contribution in [3.63, 3.8) is 0 Å². The number of nitrogens with one attached hydrogen (secondary N) is 1. The van der Waals surface area contributed by atoms with Gasteiger partial charge < -0.3 is 19.7 Å². The van der Waals surface area contributed by atoms with Crippen molar-refractivity contribution in [1.82, 2.24) is 10.2 Å². The van der Waals surface area contributed by atoms with Crippen LogP contribution in [0, 0.1) is 0 Å². The fourth-order valence-electron chi connectivity index (χ4n) is 1.49.